The molecule has 0 atom stereocenters. The van der Waals surface area contributed by atoms with Gasteiger partial charge in [0.15, 0.2) is 5.75 Å². The van der Waals surface area contributed by atoms with Crippen molar-refractivity contribution in [2.75, 3.05) is 19.5 Å². The summed E-state index contributed by atoms with van der Waals surface area (Å²) in [6.07, 6.45) is 1.65. The van der Waals surface area contributed by atoms with Crippen LogP contribution in [0.3, 0.4) is 0 Å². The SMILES string of the molecule is Cc1ccc(O[P+](O)(O)N(C)CCCCCl)cc1. The number of alkyl halides is 1. The van der Waals surface area contributed by atoms with Crippen LogP contribution >= 0.6 is 19.7 Å². The van der Waals surface area contributed by atoms with Crippen molar-refractivity contribution in [3.8, 4) is 5.75 Å². The van der Waals surface area contributed by atoms with Crippen LogP contribution in [0.2, 0.25) is 0 Å². The molecule has 4 nitrogen and oxygen atoms in total. The second-order valence-corrected chi connectivity index (χ2v) is 6.46. The summed E-state index contributed by atoms with van der Waals surface area (Å²) in [7, 11) is -1.89. The van der Waals surface area contributed by atoms with Crippen molar-refractivity contribution < 1.29 is 14.3 Å². The van der Waals surface area contributed by atoms with E-state index in [0.29, 0.717) is 18.2 Å². The summed E-state index contributed by atoms with van der Waals surface area (Å²) in [5, 5.41) is 0. The highest BCUT2D eigenvalue weighted by Crippen LogP contribution is 2.53. The molecule has 6 heteroatoms. The molecule has 0 unspecified atom stereocenters. The van der Waals surface area contributed by atoms with Crippen molar-refractivity contribution in [3.63, 3.8) is 0 Å². The minimum Gasteiger partial charge on any atom is -0.270 e. The lowest BCUT2D eigenvalue weighted by molar-refractivity contribution is 0.256. The maximum Gasteiger partial charge on any atom is 0.543 e. The van der Waals surface area contributed by atoms with Crippen LogP contribution in [-0.4, -0.2) is 33.9 Å². The van der Waals surface area contributed by atoms with E-state index in [1.54, 1.807) is 19.2 Å². The molecule has 2 N–H and O–H groups in total. The fraction of sp³-hybridized carbons (Fsp3) is 0.500. The molecule has 0 aliphatic rings. The highest BCUT2D eigenvalue weighted by atomic mass is 35.5. The predicted octanol–water partition coefficient (Wildman–Crippen LogP) is 2.99. The molecule has 0 spiro atoms. The Hall–Kier alpha value is -0.380. The zero-order valence-corrected chi connectivity index (χ0v) is 12.4. The molecule has 18 heavy (non-hydrogen) atoms. The van der Waals surface area contributed by atoms with E-state index in [0.717, 1.165) is 18.4 Å². The molecule has 0 aliphatic carbocycles. The Morgan fingerprint density at radius 2 is 1.83 bits per heavy atom. The lowest BCUT2D eigenvalue weighted by atomic mass is 10.2. The van der Waals surface area contributed by atoms with Crippen LogP contribution in [0.25, 0.3) is 0 Å². The van der Waals surface area contributed by atoms with E-state index < -0.39 is 8.09 Å². The van der Waals surface area contributed by atoms with Crippen LogP contribution in [-0.2, 0) is 0 Å². The fourth-order valence-corrected chi connectivity index (χ4v) is 2.51. The molecule has 0 amide bonds. The molecule has 1 aromatic rings. The van der Waals surface area contributed by atoms with Crippen molar-refractivity contribution >= 4 is 19.7 Å². The number of nitrogens with zero attached hydrogens (tertiary/aromatic N) is 1. The first-order chi connectivity index (χ1) is 8.45. The highest BCUT2D eigenvalue weighted by Gasteiger charge is 2.43. The summed E-state index contributed by atoms with van der Waals surface area (Å²) >= 11 is 5.58. The Morgan fingerprint density at radius 1 is 1.22 bits per heavy atom. The average molecular weight is 293 g/mol. The van der Waals surface area contributed by atoms with Crippen LogP contribution in [0.5, 0.6) is 5.75 Å². The molecular weight excluding hydrogens is 273 g/mol. The smallest absolute Gasteiger partial charge is 0.270 e. The van der Waals surface area contributed by atoms with Crippen molar-refractivity contribution in [2.45, 2.75) is 19.8 Å². The maximum absolute atomic E-state index is 9.94. The highest BCUT2D eigenvalue weighted by molar-refractivity contribution is 7.57. The first kappa shape index (κ1) is 15.7. The number of hydrogen-bond acceptors (Lipinski definition) is 4. The predicted molar refractivity (Wildman–Crippen MR) is 75.7 cm³/mol. The molecule has 0 bridgehead atoms. The second-order valence-electron chi connectivity index (χ2n) is 4.19. The zero-order chi connectivity index (χ0) is 13.6. The Balaban J connectivity index is 2.54. The number of halogens is 1. The maximum atomic E-state index is 9.94. The van der Waals surface area contributed by atoms with Gasteiger partial charge in [0.05, 0.1) is 0 Å². The van der Waals surface area contributed by atoms with Gasteiger partial charge in [0.25, 0.3) is 0 Å². The molecule has 0 heterocycles. The van der Waals surface area contributed by atoms with E-state index in [1.165, 1.54) is 4.67 Å². The summed E-state index contributed by atoms with van der Waals surface area (Å²) < 4.78 is 6.71. The number of unbranched alkanes of at least 4 members (excludes halogenated alkanes) is 1. The van der Waals surface area contributed by atoms with Gasteiger partial charge in [0.2, 0.25) is 0 Å². The molecule has 1 aromatic carbocycles. The molecule has 0 aliphatic heterocycles. The second kappa shape index (κ2) is 7.27. The first-order valence-corrected chi connectivity index (χ1v) is 7.94. The normalized spacial score (nSPS) is 11.9. The van der Waals surface area contributed by atoms with E-state index in [-0.39, 0.29) is 0 Å². The van der Waals surface area contributed by atoms with Crippen molar-refractivity contribution in [1.82, 2.24) is 4.67 Å². The van der Waals surface area contributed by atoms with Crippen molar-refractivity contribution in [3.05, 3.63) is 29.8 Å². The van der Waals surface area contributed by atoms with Gasteiger partial charge in [-0.2, -0.15) is 9.79 Å². The van der Waals surface area contributed by atoms with Gasteiger partial charge in [-0.05, 0) is 31.9 Å². The number of hydrogen-bond donors (Lipinski definition) is 2. The van der Waals surface area contributed by atoms with Gasteiger partial charge in [-0.25, -0.2) is 0 Å². The molecule has 102 valence electrons. The summed E-state index contributed by atoms with van der Waals surface area (Å²) in [5.41, 5.74) is 1.10. The van der Waals surface area contributed by atoms with Gasteiger partial charge in [-0.15, -0.1) is 11.6 Å². The molecule has 0 saturated heterocycles. The number of aryl methyl sites for hydroxylation is 1. The largest absolute Gasteiger partial charge is 0.543 e. The van der Waals surface area contributed by atoms with E-state index in [1.807, 2.05) is 19.1 Å². The van der Waals surface area contributed by atoms with Gasteiger partial charge in [-0.3, -0.25) is 4.52 Å². The molecule has 0 saturated carbocycles. The minimum absolute atomic E-state index is 0.461. The van der Waals surface area contributed by atoms with Gasteiger partial charge in [0.1, 0.15) is 0 Å². The lowest BCUT2D eigenvalue weighted by Crippen LogP contribution is -2.24. The fourth-order valence-electron chi connectivity index (χ4n) is 1.38. The van der Waals surface area contributed by atoms with Gasteiger partial charge < -0.3 is 0 Å². The van der Waals surface area contributed by atoms with Crippen LogP contribution in [0.15, 0.2) is 24.3 Å². The summed E-state index contributed by atoms with van der Waals surface area (Å²) in [6.45, 7) is 2.50. The average Bonchev–Trinajstić information content (AvgIpc) is 2.32. The van der Waals surface area contributed by atoms with E-state index in [9.17, 15) is 9.79 Å². The quantitative estimate of drug-likeness (QED) is 0.461. The van der Waals surface area contributed by atoms with Crippen LogP contribution < -0.4 is 4.52 Å². The lowest BCUT2D eigenvalue weighted by Gasteiger charge is -2.20. The van der Waals surface area contributed by atoms with Gasteiger partial charge in [-0.1, -0.05) is 22.4 Å². The van der Waals surface area contributed by atoms with Crippen LogP contribution in [0, 0.1) is 6.92 Å². The van der Waals surface area contributed by atoms with Crippen molar-refractivity contribution in [2.24, 2.45) is 0 Å². The third-order valence-electron chi connectivity index (χ3n) is 2.56. The zero-order valence-electron chi connectivity index (χ0n) is 10.7. The monoisotopic (exact) mass is 292 g/mol. The van der Waals surface area contributed by atoms with Gasteiger partial charge >= 0.3 is 8.09 Å². The standard InChI is InChI=1S/C12H20ClNO3P/c1-11-5-7-12(8-6-11)17-18(15,16)14(2)10-4-3-9-13/h5-8,15-16H,3-4,9-10H2,1-2H3/q+1. The first-order valence-electron chi connectivity index (χ1n) is 5.84. The Labute approximate surface area is 114 Å². The molecular formula is C12H20ClNO3P+. The third kappa shape index (κ3) is 5.09. The van der Waals surface area contributed by atoms with Gasteiger partial charge in [0, 0.05) is 19.5 Å². The van der Waals surface area contributed by atoms with Crippen LogP contribution in [0.4, 0.5) is 0 Å². The summed E-state index contributed by atoms with van der Waals surface area (Å²) in [4.78, 5) is 19.9. The number of benzene rings is 1. The number of rotatable bonds is 7. The third-order valence-corrected chi connectivity index (χ3v) is 4.37. The summed E-state index contributed by atoms with van der Waals surface area (Å²) in [5.74, 6) is 1.04. The topological polar surface area (TPSA) is 52.9 Å². The van der Waals surface area contributed by atoms with E-state index in [2.05, 4.69) is 0 Å². The summed E-state index contributed by atoms with van der Waals surface area (Å²) in [6, 6.07) is 7.18. The Bertz CT molecular complexity index is 359. The van der Waals surface area contributed by atoms with E-state index in [4.69, 9.17) is 16.1 Å². The Kier molecular flexibility index (Phi) is 6.33. The molecule has 0 radical (unpaired) electrons. The minimum atomic E-state index is -3.52. The molecule has 0 aromatic heterocycles. The molecule has 0 fully saturated rings. The van der Waals surface area contributed by atoms with E-state index >= 15 is 0 Å². The van der Waals surface area contributed by atoms with Crippen LogP contribution in [0.1, 0.15) is 18.4 Å². The Morgan fingerprint density at radius 3 is 2.39 bits per heavy atom. The van der Waals surface area contributed by atoms with Crippen molar-refractivity contribution in [1.29, 1.82) is 0 Å². The molecule has 1 rings (SSSR count).